The van der Waals surface area contributed by atoms with Crippen molar-refractivity contribution in [3.05, 3.63) is 139 Å². The average Bonchev–Trinajstić information content (AvgIpc) is 3.82. The Morgan fingerprint density at radius 1 is 0.521 bits per heavy atom. The Hall–Kier alpha value is -6.11. The maximum absolute atomic E-state index is 5.53. The van der Waals surface area contributed by atoms with Crippen molar-refractivity contribution in [2.24, 2.45) is 0 Å². The molecule has 48 heavy (non-hydrogen) atoms. The highest BCUT2D eigenvalue weighted by Crippen LogP contribution is 2.43. The first-order chi connectivity index (χ1) is 23.7. The summed E-state index contributed by atoms with van der Waals surface area (Å²) in [5.74, 6) is 0.635. The number of aryl methyl sites for hydroxylation is 1. The Balaban J connectivity index is 1.34. The highest BCUT2D eigenvalue weighted by molar-refractivity contribution is 7.26. The number of pyridine rings is 1. The lowest BCUT2D eigenvalue weighted by Crippen LogP contribution is -2.03. The molecule has 5 aromatic heterocycles. The fourth-order valence-corrected chi connectivity index (χ4v) is 8.84. The van der Waals surface area contributed by atoms with Gasteiger partial charge in [0.2, 0.25) is 5.95 Å². The molecule has 5 nitrogen and oxygen atoms in total. The number of hydrogen-bond donors (Lipinski definition) is 0. The minimum Gasteiger partial charge on any atom is -0.290 e. The van der Waals surface area contributed by atoms with Gasteiger partial charge in [0.25, 0.3) is 0 Å². The van der Waals surface area contributed by atoms with Crippen LogP contribution in [0.1, 0.15) is 5.56 Å². The number of thiophene rings is 1. The number of aromatic nitrogens is 5. The Labute approximate surface area is 278 Å². The fraction of sp³-hybridized carbons (Fsp3) is 0.0238. The van der Waals surface area contributed by atoms with Gasteiger partial charge in [-0.25, -0.2) is 15.0 Å². The van der Waals surface area contributed by atoms with Crippen LogP contribution in [-0.4, -0.2) is 23.9 Å². The molecule has 6 aromatic carbocycles. The van der Waals surface area contributed by atoms with E-state index in [-0.39, 0.29) is 0 Å². The van der Waals surface area contributed by atoms with Crippen LogP contribution in [0.3, 0.4) is 0 Å². The van der Waals surface area contributed by atoms with Gasteiger partial charge in [-0.05, 0) is 37.3 Å². The number of benzene rings is 6. The summed E-state index contributed by atoms with van der Waals surface area (Å²) in [5, 5.41) is 6.93. The summed E-state index contributed by atoms with van der Waals surface area (Å²) in [6, 6.07) is 47.3. The van der Waals surface area contributed by atoms with E-state index in [2.05, 4.69) is 143 Å². The minimum absolute atomic E-state index is 0.635. The van der Waals surface area contributed by atoms with E-state index in [4.69, 9.17) is 15.0 Å². The van der Waals surface area contributed by atoms with Crippen molar-refractivity contribution in [1.29, 1.82) is 0 Å². The molecule has 0 radical (unpaired) electrons. The van der Waals surface area contributed by atoms with Crippen LogP contribution in [0.25, 0.3) is 97.7 Å². The molecule has 5 heterocycles. The van der Waals surface area contributed by atoms with Crippen molar-refractivity contribution in [1.82, 2.24) is 23.9 Å². The van der Waals surface area contributed by atoms with Crippen molar-refractivity contribution in [3.8, 4) is 17.2 Å². The smallest absolute Gasteiger partial charge is 0.235 e. The van der Waals surface area contributed by atoms with Gasteiger partial charge in [0.1, 0.15) is 11.2 Å². The fourth-order valence-electron chi connectivity index (χ4n) is 7.61. The Bertz CT molecular complexity index is 3130. The van der Waals surface area contributed by atoms with E-state index < -0.39 is 0 Å². The lowest BCUT2D eigenvalue weighted by atomic mass is 10.1. The molecule has 0 bridgehead atoms. The summed E-state index contributed by atoms with van der Waals surface area (Å²) < 4.78 is 7.16. The molecule has 0 amide bonds. The van der Waals surface area contributed by atoms with E-state index in [9.17, 15) is 0 Å². The summed E-state index contributed by atoms with van der Waals surface area (Å²) in [6.45, 7) is 2.11. The molecule has 0 aliphatic heterocycles. The SMILES string of the molecule is Cc1ccc(-c2nc(-n3c4ccccc4c4ccc5c(nc6c7ccccc7c7sc8ccccc8c7n56)c43)nc3ccccc23)cc1. The van der Waals surface area contributed by atoms with Crippen molar-refractivity contribution in [2.75, 3.05) is 0 Å². The maximum Gasteiger partial charge on any atom is 0.235 e. The molecule has 0 saturated heterocycles. The van der Waals surface area contributed by atoms with E-state index in [0.29, 0.717) is 5.95 Å². The zero-order valence-electron chi connectivity index (χ0n) is 25.8. The van der Waals surface area contributed by atoms with Crippen molar-refractivity contribution < 1.29 is 0 Å². The number of imidazole rings is 1. The molecule has 0 atom stereocenters. The topological polar surface area (TPSA) is 48.0 Å². The number of nitrogens with zero attached hydrogens (tertiary/aromatic N) is 5. The third kappa shape index (κ3) is 3.42. The summed E-state index contributed by atoms with van der Waals surface area (Å²) in [7, 11) is 0. The first kappa shape index (κ1) is 26.0. The van der Waals surface area contributed by atoms with Gasteiger partial charge in [0.05, 0.1) is 38.0 Å². The zero-order chi connectivity index (χ0) is 31.5. The molecule has 0 N–H and O–H groups in total. The van der Waals surface area contributed by atoms with Crippen molar-refractivity contribution >= 4 is 91.8 Å². The zero-order valence-corrected chi connectivity index (χ0v) is 26.7. The van der Waals surface area contributed by atoms with E-state index in [1.54, 1.807) is 0 Å². The second-order valence-corrected chi connectivity index (χ2v) is 13.6. The minimum atomic E-state index is 0.635. The molecular formula is C42H25N5S. The van der Waals surface area contributed by atoms with Crippen LogP contribution in [0.4, 0.5) is 0 Å². The van der Waals surface area contributed by atoms with Crippen LogP contribution in [0.2, 0.25) is 0 Å². The summed E-state index contributed by atoms with van der Waals surface area (Å²) in [6.07, 6.45) is 0. The van der Waals surface area contributed by atoms with Gasteiger partial charge in [-0.15, -0.1) is 11.3 Å². The molecule has 224 valence electrons. The molecule has 0 fully saturated rings. The Morgan fingerprint density at radius 3 is 2.08 bits per heavy atom. The third-order valence-electron chi connectivity index (χ3n) is 9.78. The predicted octanol–water partition coefficient (Wildman–Crippen LogP) is 11.0. The molecule has 0 unspecified atom stereocenters. The second-order valence-electron chi connectivity index (χ2n) is 12.5. The van der Waals surface area contributed by atoms with E-state index >= 15 is 0 Å². The van der Waals surface area contributed by atoms with E-state index in [1.165, 1.54) is 31.3 Å². The van der Waals surface area contributed by atoms with Crippen LogP contribution in [0, 0.1) is 6.92 Å². The number of rotatable bonds is 2. The molecular weight excluding hydrogens is 607 g/mol. The molecule has 0 spiro atoms. The van der Waals surface area contributed by atoms with Gasteiger partial charge in [0, 0.05) is 42.6 Å². The molecule has 6 heteroatoms. The van der Waals surface area contributed by atoms with Gasteiger partial charge in [-0.2, -0.15) is 0 Å². The predicted molar refractivity (Wildman–Crippen MR) is 201 cm³/mol. The quantitative estimate of drug-likeness (QED) is 0.191. The van der Waals surface area contributed by atoms with Gasteiger partial charge in [-0.3, -0.25) is 8.97 Å². The summed E-state index contributed by atoms with van der Waals surface area (Å²) in [5.41, 5.74) is 10.3. The maximum atomic E-state index is 5.53. The van der Waals surface area contributed by atoms with Crippen LogP contribution >= 0.6 is 11.3 Å². The van der Waals surface area contributed by atoms with E-state index in [0.717, 1.165) is 66.0 Å². The highest BCUT2D eigenvalue weighted by Gasteiger charge is 2.23. The molecule has 11 rings (SSSR count). The molecule has 0 aliphatic carbocycles. The number of fused-ring (bicyclic) bond motifs is 15. The monoisotopic (exact) mass is 631 g/mol. The Morgan fingerprint density at radius 2 is 1.23 bits per heavy atom. The van der Waals surface area contributed by atoms with Crippen molar-refractivity contribution in [2.45, 2.75) is 6.92 Å². The Kier molecular flexibility index (Phi) is 5.13. The molecule has 0 saturated carbocycles. The average molecular weight is 632 g/mol. The van der Waals surface area contributed by atoms with Gasteiger partial charge < -0.3 is 0 Å². The normalized spacial score (nSPS) is 12.3. The van der Waals surface area contributed by atoms with E-state index in [1.807, 2.05) is 17.4 Å². The van der Waals surface area contributed by atoms with Crippen LogP contribution in [0.5, 0.6) is 0 Å². The van der Waals surface area contributed by atoms with Crippen LogP contribution in [-0.2, 0) is 0 Å². The summed E-state index contributed by atoms with van der Waals surface area (Å²) >= 11 is 1.85. The second kappa shape index (κ2) is 9.47. The van der Waals surface area contributed by atoms with Gasteiger partial charge in [0.15, 0.2) is 0 Å². The van der Waals surface area contributed by atoms with Crippen molar-refractivity contribution in [3.63, 3.8) is 0 Å². The lowest BCUT2D eigenvalue weighted by molar-refractivity contribution is 1.02. The standard InChI is InChI=1S/C42H25N5S/c1-24-18-20-25(21-19-24)36-30-13-4-7-15-32(30)43-42(45-36)47-33-16-8-5-10-26(33)27-22-23-34-37(38(27)47)44-41-29-12-3-2-11-28(29)40-39(46(34)41)31-14-6-9-17-35(31)48-40/h2-23H,1H3. The van der Waals surface area contributed by atoms with Gasteiger partial charge >= 0.3 is 0 Å². The molecule has 0 aliphatic rings. The highest BCUT2D eigenvalue weighted by atomic mass is 32.1. The largest absolute Gasteiger partial charge is 0.290 e. The molecule has 11 aromatic rings. The van der Waals surface area contributed by atoms with Crippen LogP contribution < -0.4 is 0 Å². The number of hydrogen-bond acceptors (Lipinski definition) is 4. The lowest BCUT2D eigenvalue weighted by Gasteiger charge is -2.12. The first-order valence-electron chi connectivity index (χ1n) is 16.1. The third-order valence-corrected chi connectivity index (χ3v) is 11.0. The van der Waals surface area contributed by atoms with Crippen LogP contribution in [0.15, 0.2) is 133 Å². The first-order valence-corrected chi connectivity index (χ1v) is 16.9. The van der Waals surface area contributed by atoms with Gasteiger partial charge in [-0.1, -0.05) is 109 Å². The number of para-hydroxylation sites is 2. The summed E-state index contributed by atoms with van der Waals surface area (Å²) in [4.78, 5) is 16.1.